The number of nitrogens with zero attached hydrogens (tertiary/aromatic N) is 1. The summed E-state index contributed by atoms with van der Waals surface area (Å²) in [6, 6.07) is 0.147. The third-order valence-corrected chi connectivity index (χ3v) is 5.28. The van der Waals surface area contributed by atoms with Crippen LogP contribution < -0.4 is 11.6 Å². The highest BCUT2D eigenvalue weighted by Crippen LogP contribution is 2.33. The van der Waals surface area contributed by atoms with E-state index in [4.69, 9.17) is 11.6 Å². The molecule has 23 heavy (non-hydrogen) atoms. The van der Waals surface area contributed by atoms with Gasteiger partial charge in [-0.2, -0.15) is 0 Å². The molecule has 0 aliphatic heterocycles. The molecule has 0 heterocycles. The third kappa shape index (κ3) is 8.00. The van der Waals surface area contributed by atoms with Crippen LogP contribution in [0, 0.1) is 11.8 Å². The summed E-state index contributed by atoms with van der Waals surface area (Å²) in [5, 5.41) is 2.14. The maximum atomic E-state index is 6.75. The van der Waals surface area contributed by atoms with Crippen LogP contribution in [-0.4, -0.2) is 23.1 Å². The lowest BCUT2D eigenvalue weighted by atomic mass is 9.75. The molecule has 0 saturated heterocycles. The third-order valence-electron chi connectivity index (χ3n) is 5.28. The van der Waals surface area contributed by atoms with Crippen LogP contribution in [0.1, 0.15) is 99.3 Å². The van der Waals surface area contributed by atoms with Crippen molar-refractivity contribution in [2.24, 2.45) is 23.4 Å². The quantitative estimate of drug-likeness (QED) is 0.265. The zero-order valence-corrected chi connectivity index (χ0v) is 16.9. The molecule has 3 heteroatoms. The lowest BCUT2D eigenvalue weighted by molar-refractivity contribution is 0.0218. The Kier molecular flexibility index (Phi) is 12.2. The first-order chi connectivity index (χ1) is 10.8. The molecule has 0 aromatic rings. The fraction of sp³-hybridized carbons (Fsp3) is 1.00. The van der Waals surface area contributed by atoms with Gasteiger partial charge in [0.15, 0.2) is 0 Å². The van der Waals surface area contributed by atoms with E-state index in [0.29, 0.717) is 11.8 Å². The van der Waals surface area contributed by atoms with Crippen LogP contribution in [0.5, 0.6) is 0 Å². The molecule has 0 fully saturated rings. The van der Waals surface area contributed by atoms with Crippen molar-refractivity contribution in [3.63, 3.8) is 0 Å². The molecule has 4 N–H and O–H groups in total. The van der Waals surface area contributed by atoms with E-state index in [2.05, 4.69) is 46.6 Å². The fourth-order valence-electron chi connectivity index (χ4n) is 3.54. The molecule has 3 nitrogen and oxygen atoms in total. The van der Waals surface area contributed by atoms with E-state index in [9.17, 15) is 0 Å². The molecule has 1 unspecified atom stereocenters. The van der Waals surface area contributed by atoms with Crippen molar-refractivity contribution in [1.29, 1.82) is 0 Å². The first-order valence-electron chi connectivity index (χ1n) is 10.1. The van der Waals surface area contributed by atoms with Crippen molar-refractivity contribution in [3.05, 3.63) is 0 Å². The second-order valence-corrected chi connectivity index (χ2v) is 8.16. The Bertz CT molecular complexity index is 266. The van der Waals surface area contributed by atoms with E-state index in [1.807, 2.05) is 0 Å². The van der Waals surface area contributed by atoms with E-state index < -0.39 is 0 Å². The van der Waals surface area contributed by atoms with Gasteiger partial charge in [0.1, 0.15) is 0 Å². The largest absolute Gasteiger partial charge is 0.326 e. The Hall–Kier alpha value is -0.120. The summed E-state index contributed by atoms with van der Waals surface area (Å²) in [6.07, 6.45) is 10.9. The van der Waals surface area contributed by atoms with Crippen LogP contribution in [0.25, 0.3) is 0 Å². The summed E-state index contributed by atoms with van der Waals surface area (Å²) in [4.78, 5) is 0. The lowest BCUT2D eigenvalue weighted by Gasteiger charge is -2.48. The maximum Gasteiger partial charge on any atom is 0.0504 e. The minimum absolute atomic E-state index is 0.0343. The minimum atomic E-state index is -0.0343. The summed E-state index contributed by atoms with van der Waals surface area (Å²) in [5.41, 5.74) is 6.71. The predicted molar refractivity (Wildman–Crippen MR) is 104 cm³/mol. The Morgan fingerprint density at radius 2 is 1.35 bits per heavy atom. The summed E-state index contributed by atoms with van der Waals surface area (Å²) >= 11 is 0. The number of hydrogen-bond donors (Lipinski definition) is 2. The minimum Gasteiger partial charge on any atom is -0.326 e. The number of hydrogen-bond acceptors (Lipinski definition) is 3. The van der Waals surface area contributed by atoms with Crippen LogP contribution in [-0.2, 0) is 0 Å². The second-order valence-electron chi connectivity index (χ2n) is 8.16. The molecule has 0 aromatic heterocycles. The molecule has 0 bridgehead atoms. The van der Waals surface area contributed by atoms with Gasteiger partial charge in [-0.1, -0.05) is 80.1 Å². The van der Waals surface area contributed by atoms with E-state index >= 15 is 0 Å². The van der Waals surface area contributed by atoms with Crippen LogP contribution in [0.15, 0.2) is 0 Å². The summed E-state index contributed by atoms with van der Waals surface area (Å²) < 4.78 is 0. The molecule has 140 valence electrons. The Balaban J connectivity index is 5.23. The highest BCUT2D eigenvalue weighted by Gasteiger charge is 2.41. The fourth-order valence-corrected chi connectivity index (χ4v) is 3.54. The first-order valence-corrected chi connectivity index (χ1v) is 10.1. The van der Waals surface area contributed by atoms with Gasteiger partial charge in [-0.3, -0.25) is 5.84 Å². The van der Waals surface area contributed by atoms with Crippen molar-refractivity contribution < 1.29 is 0 Å². The lowest BCUT2D eigenvalue weighted by Crippen LogP contribution is -2.64. The SMILES string of the molecule is CCCCCC(CCCCC)(C(N)C(C)C)N(N)CCC(C)C. The van der Waals surface area contributed by atoms with Crippen LogP contribution in [0.4, 0.5) is 0 Å². The number of nitrogens with two attached hydrogens (primary N) is 2. The first kappa shape index (κ1) is 22.9. The highest BCUT2D eigenvalue weighted by molar-refractivity contribution is 4.99. The molecule has 0 amide bonds. The Morgan fingerprint density at radius 1 is 0.870 bits per heavy atom. The molecular formula is C20H45N3. The zero-order chi connectivity index (χ0) is 17.9. The molecule has 0 aliphatic carbocycles. The molecule has 0 rings (SSSR count). The standard InChI is InChI=1S/C20H45N3/c1-7-9-11-14-20(15-12-10-8-2,19(21)18(5)6)23(22)16-13-17(3)4/h17-19H,7-16,21-22H2,1-6H3. The Morgan fingerprint density at radius 3 is 1.70 bits per heavy atom. The normalized spacial score (nSPS) is 14.2. The number of unbranched alkanes of at least 4 members (excludes halogenated alkanes) is 4. The molecule has 0 radical (unpaired) electrons. The van der Waals surface area contributed by atoms with Crippen molar-refractivity contribution in [2.45, 2.75) is 111 Å². The van der Waals surface area contributed by atoms with Crippen LogP contribution in [0.3, 0.4) is 0 Å². The van der Waals surface area contributed by atoms with E-state index in [1.165, 1.54) is 38.5 Å². The van der Waals surface area contributed by atoms with Crippen LogP contribution in [0.2, 0.25) is 0 Å². The van der Waals surface area contributed by atoms with Gasteiger partial charge in [-0.15, -0.1) is 0 Å². The average Bonchev–Trinajstić information content (AvgIpc) is 2.50. The van der Waals surface area contributed by atoms with Gasteiger partial charge in [-0.25, -0.2) is 5.01 Å². The predicted octanol–water partition coefficient (Wildman–Crippen LogP) is 5.09. The van der Waals surface area contributed by atoms with Gasteiger partial charge >= 0.3 is 0 Å². The summed E-state index contributed by atoms with van der Waals surface area (Å²) in [7, 11) is 0. The van der Waals surface area contributed by atoms with E-state index in [0.717, 1.165) is 25.8 Å². The van der Waals surface area contributed by atoms with Gasteiger partial charge in [0.25, 0.3) is 0 Å². The zero-order valence-electron chi connectivity index (χ0n) is 16.9. The molecule has 1 atom stereocenters. The topological polar surface area (TPSA) is 55.3 Å². The van der Waals surface area contributed by atoms with Gasteiger partial charge < -0.3 is 5.73 Å². The second kappa shape index (κ2) is 12.3. The van der Waals surface area contributed by atoms with Crippen molar-refractivity contribution in [2.75, 3.05) is 6.54 Å². The molecular weight excluding hydrogens is 282 g/mol. The molecule has 0 spiro atoms. The molecule has 0 saturated carbocycles. The van der Waals surface area contributed by atoms with E-state index in [1.54, 1.807) is 0 Å². The van der Waals surface area contributed by atoms with Crippen molar-refractivity contribution in [1.82, 2.24) is 5.01 Å². The van der Waals surface area contributed by atoms with Gasteiger partial charge in [0, 0.05) is 12.6 Å². The van der Waals surface area contributed by atoms with Gasteiger partial charge in [0.05, 0.1) is 5.54 Å². The van der Waals surface area contributed by atoms with E-state index in [-0.39, 0.29) is 11.6 Å². The van der Waals surface area contributed by atoms with Gasteiger partial charge in [0.2, 0.25) is 0 Å². The monoisotopic (exact) mass is 327 g/mol. The van der Waals surface area contributed by atoms with Crippen LogP contribution >= 0.6 is 0 Å². The summed E-state index contributed by atoms with van der Waals surface area (Å²) in [6.45, 7) is 14.5. The maximum absolute atomic E-state index is 6.75. The number of rotatable bonds is 14. The summed E-state index contributed by atoms with van der Waals surface area (Å²) in [5.74, 6) is 7.80. The average molecular weight is 328 g/mol. The van der Waals surface area contributed by atoms with Crippen molar-refractivity contribution >= 4 is 0 Å². The molecule has 0 aromatic carbocycles. The molecule has 0 aliphatic rings. The smallest absolute Gasteiger partial charge is 0.0504 e. The van der Waals surface area contributed by atoms with Gasteiger partial charge in [-0.05, 0) is 31.1 Å². The highest BCUT2D eigenvalue weighted by atomic mass is 15.4. The van der Waals surface area contributed by atoms with Crippen molar-refractivity contribution in [3.8, 4) is 0 Å². The Labute approximate surface area is 146 Å². The number of hydrazine groups is 1.